The molecule has 76 valence electrons. The van der Waals surface area contributed by atoms with E-state index in [1.807, 2.05) is 25.6 Å². The number of hydrogen-bond acceptors (Lipinski definition) is 4. The third-order valence-corrected chi connectivity index (χ3v) is 2.61. The molecule has 0 saturated carbocycles. The molecule has 0 unspecified atom stereocenters. The summed E-state index contributed by atoms with van der Waals surface area (Å²) in [5, 5.41) is 6.03. The molecule has 2 heterocycles. The van der Waals surface area contributed by atoms with E-state index < -0.39 is 0 Å². The average Bonchev–Trinajstić information content (AvgIpc) is 2.60. The third-order valence-electron chi connectivity index (χ3n) is 2.61. The number of nitrogens with two attached hydrogens (primary N) is 1. The van der Waals surface area contributed by atoms with Crippen LogP contribution in [0.5, 0.6) is 0 Å². The van der Waals surface area contributed by atoms with Crippen molar-refractivity contribution in [2.75, 3.05) is 13.1 Å². The molecule has 0 spiro atoms. The van der Waals surface area contributed by atoms with E-state index in [-0.39, 0.29) is 0 Å². The topological polar surface area (TPSA) is 59.4 Å². The first kappa shape index (κ1) is 9.21. The highest BCUT2D eigenvalue weighted by Crippen LogP contribution is 2.15. The first-order valence-electron chi connectivity index (χ1n) is 4.68. The van der Waals surface area contributed by atoms with Crippen LogP contribution in [0.25, 0.3) is 0 Å². The van der Waals surface area contributed by atoms with E-state index >= 15 is 0 Å². The van der Waals surface area contributed by atoms with Gasteiger partial charge >= 0.3 is 0 Å². The number of hydrazine groups is 1. The molecule has 0 amide bonds. The van der Waals surface area contributed by atoms with Gasteiger partial charge in [-0.25, -0.2) is 5.84 Å². The molecule has 0 saturated heterocycles. The second-order valence-corrected chi connectivity index (χ2v) is 3.58. The maximum absolute atomic E-state index is 5.82. The number of nitrogens with zero attached hydrogens (tertiary/aromatic N) is 4. The predicted molar refractivity (Wildman–Crippen MR) is 55.0 cm³/mol. The molecule has 0 bridgehead atoms. The Balaban J connectivity index is 2.50. The van der Waals surface area contributed by atoms with Crippen molar-refractivity contribution in [2.45, 2.75) is 13.8 Å². The predicted octanol–water partition coefficient (Wildman–Crippen LogP) is -0.0272. The number of aromatic nitrogens is 2. The lowest BCUT2D eigenvalue weighted by molar-refractivity contribution is 0.481. The van der Waals surface area contributed by atoms with Gasteiger partial charge in [0, 0.05) is 12.6 Å². The molecular formula is C9H15N5. The molecule has 0 aliphatic carbocycles. The van der Waals surface area contributed by atoms with E-state index in [2.05, 4.69) is 10.1 Å². The molecule has 0 radical (unpaired) electrons. The first-order valence-corrected chi connectivity index (χ1v) is 4.68. The minimum absolute atomic E-state index is 0.773. The summed E-state index contributed by atoms with van der Waals surface area (Å²) < 4.78 is 1.84. The summed E-state index contributed by atoms with van der Waals surface area (Å²) in [6.07, 6.45) is 0. The average molecular weight is 193 g/mol. The van der Waals surface area contributed by atoms with Gasteiger partial charge in [-0.1, -0.05) is 0 Å². The van der Waals surface area contributed by atoms with Gasteiger partial charge in [0.15, 0.2) is 5.84 Å². The molecule has 2 rings (SSSR count). The maximum atomic E-state index is 5.82. The molecule has 0 aromatic carbocycles. The Labute approximate surface area is 83.2 Å². The van der Waals surface area contributed by atoms with E-state index in [0.717, 1.165) is 35.9 Å². The van der Waals surface area contributed by atoms with E-state index in [1.54, 1.807) is 5.01 Å². The van der Waals surface area contributed by atoms with Crippen LogP contribution in [0.4, 0.5) is 0 Å². The normalized spacial score (nSPS) is 16.3. The monoisotopic (exact) mass is 193 g/mol. The van der Waals surface area contributed by atoms with Crippen LogP contribution in [-0.4, -0.2) is 33.7 Å². The number of amidine groups is 1. The van der Waals surface area contributed by atoms with Gasteiger partial charge in [-0.15, -0.1) is 0 Å². The lowest BCUT2D eigenvalue weighted by Gasteiger charge is -2.13. The molecule has 5 nitrogen and oxygen atoms in total. The molecule has 1 aliphatic rings. The summed E-state index contributed by atoms with van der Waals surface area (Å²) in [6.45, 7) is 5.61. The summed E-state index contributed by atoms with van der Waals surface area (Å²) in [5.41, 5.74) is 3.22. The van der Waals surface area contributed by atoms with Gasteiger partial charge < -0.3 is 0 Å². The minimum Gasteiger partial charge on any atom is -0.291 e. The first-order chi connectivity index (χ1) is 6.61. The largest absolute Gasteiger partial charge is 0.291 e. The van der Waals surface area contributed by atoms with Crippen LogP contribution in [0, 0.1) is 13.8 Å². The van der Waals surface area contributed by atoms with Crippen LogP contribution in [0.15, 0.2) is 4.99 Å². The van der Waals surface area contributed by atoms with E-state index in [1.165, 1.54) is 0 Å². The van der Waals surface area contributed by atoms with Crippen molar-refractivity contribution in [3.05, 3.63) is 17.0 Å². The molecule has 5 heteroatoms. The fraction of sp³-hybridized carbons (Fsp3) is 0.556. The highest BCUT2D eigenvalue weighted by atomic mass is 15.5. The Morgan fingerprint density at radius 2 is 2.07 bits per heavy atom. The number of rotatable bonds is 1. The van der Waals surface area contributed by atoms with Crippen LogP contribution in [0.1, 0.15) is 17.0 Å². The molecule has 2 N–H and O–H groups in total. The number of aryl methyl sites for hydroxylation is 2. The Hall–Kier alpha value is -1.36. The van der Waals surface area contributed by atoms with Gasteiger partial charge in [0.05, 0.1) is 18.8 Å². The lowest BCUT2D eigenvalue weighted by atomic mass is 10.2. The molecule has 1 aliphatic heterocycles. The fourth-order valence-corrected chi connectivity index (χ4v) is 1.75. The quantitative estimate of drug-likeness (QED) is 0.637. The SMILES string of the molecule is Cc1nn(C)c(C2=NCCN2N)c1C. The Bertz CT molecular complexity index is 390. The van der Waals surface area contributed by atoms with Crippen molar-refractivity contribution >= 4 is 5.84 Å². The van der Waals surface area contributed by atoms with Gasteiger partial charge in [0.25, 0.3) is 0 Å². The second-order valence-electron chi connectivity index (χ2n) is 3.58. The van der Waals surface area contributed by atoms with E-state index in [0.29, 0.717) is 0 Å². The summed E-state index contributed by atoms with van der Waals surface area (Å²) in [7, 11) is 1.92. The second kappa shape index (κ2) is 3.09. The zero-order chi connectivity index (χ0) is 10.3. The van der Waals surface area contributed by atoms with E-state index in [4.69, 9.17) is 5.84 Å². The van der Waals surface area contributed by atoms with Crippen molar-refractivity contribution in [1.82, 2.24) is 14.8 Å². The van der Waals surface area contributed by atoms with Crippen molar-refractivity contribution in [2.24, 2.45) is 17.9 Å². The van der Waals surface area contributed by atoms with Gasteiger partial charge in [0.1, 0.15) is 5.69 Å². The van der Waals surface area contributed by atoms with Gasteiger partial charge in [-0.05, 0) is 13.8 Å². The highest BCUT2D eigenvalue weighted by molar-refractivity contribution is 5.99. The van der Waals surface area contributed by atoms with Crippen LogP contribution in [0.2, 0.25) is 0 Å². The zero-order valence-electron chi connectivity index (χ0n) is 8.78. The Kier molecular flexibility index (Phi) is 2.03. The van der Waals surface area contributed by atoms with Gasteiger partial charge in [-0.3, -0.25) is 14.7 Å². The molecular weight excluding hydrogens is 178 g/mol. The summed E-state index contributed by atoms with van der Waals surface area (Å²) in [4.78, 5) is 4.38. The van der Waals surface area contributed by atoms with Gasteiger partial charge in [-0.2, -0.15) is 5.10 Å². The van der Waals surface area contributed by atoms with Crippen LogP contribution in [-0.2, 0) is 7.05 Å². The number of hydrogen-bond donors (Lipinski definition) is 1. The van der Waals surface area contributed by atoms with Crippen LogP contribution < -0.4 is 5.84 Å². The standard InChI is InChI=1S/C9H15N5/c1-6-7(2)12-13(3)8(6)9-11-4-5-14(9)10/h4-5,10H2,1-3H3. The zero-order valence-corrected chi connectivity index (χ0v) is 8.78. The smallest absolute Gasteiger partial charge is 0.164 e. The fourth-order valence-electron chi connectivity index (χ4n) is 1.75. The van der Waals surface area contributed by atoms with Crippen molar-refractivity contribution < 1.29 is 0 Å². The molecule has 0 atom stereocenters. The lowest BCUT2D eigenvalue weighted by Crippen LogP contribution is -2.36. The summed E-state index contributed by atoms with van der Waals surface area (Å²) in [5.74, 6) is 6.67. The molecule has 14 heavy (non-hydrogen) atoms. The molecule has 0 fully saturated rings. The highest BCUT2D eigenvalue weighted by Gasteiger charge is 2.21. The van der Waals surface area contributed by atoms with Crippen molar-refractivity contribution in [3.8, 4) is 0 Å². The Morgan fingerprint density at radius 3 is 2.50 bits per heavy atom. The molecule has 1 aromatic rings. The number of aliphatic imine (C=N–C) groups is 1. The maximum Gasteiger partial charge on any atom is 0.164 e. The van der Waals surface area contributed by atoms with E-state index in [9.17, 15) is 0 Å². The summed E-state index contributed by atoms with van der Waals surface area (Å²) in [6, 6.07) is 0. The van der Waals surface area contributed by atoms with Crippen molar-refractivity contribution in [3.63, 3.8) is 0 Å². The summed E-state index contributed by atoms with van der Waals surface area (Å²) >= 11 is 0. The third kappa shape index (κ3) is 1.21. The van der Waals surface area contributed by atoms with Crippen molar-refractivity contribution in [1.29, 1.82) is 0 Å². The minimum atomic E-state index is 0.773. The van der Waals surface area contributed by atoms with Crippen LogP contribution in [0.3, 0.4) is 0 Å². The Morgan fingerprint density at radius 1 is 1.36 bits per heavy atom. The molecule has 1 aromatic heterocycles. The van der Waals surface area contributed by atoms with Crippen LogP contribution >= 0.6 is 0 Å². The van der Waals surface area contributed by atoms with Gasteiger partial charge in [0.2, 0.25) is 0 Å².